The van der Waals surface area contributed by atoms with Crippen LogP contribution in [0.25, 0.3) is 0 Å². The number of anilines is 1. The molecule has 0 amide bonds. The van der Waals surface area contributed by atoms with Gasteiger partial charge in [-0.1, -0.05) is 36.2 Å². The molecule has 0 aliphatic heterocycles. The van der Waals surface area contributed by atoms with E-state index >= 15 is 0 Å². The number of rotatable bonds is 6. The number of hydrogen-bond acceptors (Lipinski definition) is 3. The predicted octanol–water partition coefficient (Wildman–Crippen LogP) is 2.89. The molecule has 3 N–H and O–H groups in total. The Morgan fingerprint density at radius 1 is 1.39 bits per heavy atom. The van der Waals surface area contributed by atoms with E-state index < -0.39 is 10.0 Å². The van der Waals surface area contributed by atoms with E-state index in [2.05, 4.69) is 20.7 Å². The Bertz CT molecular complexity index is 503. The summed E-state index contributed by atoms with van der Waals surface area (Å²) in [5.41, 5.74) is 5.99. The normalized spacial score (nSPS) is 13.5. The topological polar surface area (TPSA) is 72.2 Å². The minimum absolute atomic E-state index is 0.0432. The van der Waals surface area contributed by atoms with E-state index in [1.807, 2.05) is 13.8 Å². The first-order chi connectivity index (χ1) is 8.40. The molecule has 1 aromatic carbocycles. The third-order valence-corrected chi connectivity index (χ3v) is 4.79. The summed E-state index contributed by atoms with van der Waals surface area (Å²) in [5.74, 6) is 0. The van der Waals surface area contributed by atoms with Crippen molar-refractivity contribution in [1.29, 1.82) is 0 Å². The quantitative estimate of drug-likeness (QED) is 0.785. The van der Waals surface area contributed by atoms with Gasteiger partial charge in [0, 0.05) is 10.5 Å². The van der Waals surface area contributed by atoms with Crippen LogP contribution in [0.5, 0.6) is 0 Å². The van der Waals surface area contributed by atoms with Gasteiger partial charge in [0.25, 0.3) is 0 Å². The lowest BCUT2D eigenvalue weighted by atomic mass is 10.1. The number of nitrogens with one attached hydrogen (secondary N) is 1. The molecule has 1 atom stereocenters. The lowest BCUT2D eigenvalue weighted by molar-refractivity contribution is 0.512. The Morgan fingerprint density at radius 2 is 2.06 bits per heavy atom. The summed E-state index contributed by atoms with van der Waals surface area (Å²) < 4.78 is 27.9. The second-order valence-electron chi connectivity index (χ2n) is 4.20. The van der Waals surface area contributed by atoms with Crippen molar-refractivity contribution in [2.24, 2.45) is 0 Å². The SMILES string of the molecule is CCCC(CC)NS(=O)(=O)c1cc(Br)ccc1N. The summed E-state index contributed by atoms with van der Waals surface area (Å²) in [4.78, 5) is 0.131. The largest absolute Gasteiger partial charge is 0.398 e. The van der Waals surface area contributed by atoms with E-state index in [-0.39, 0.29) is 16.6 Å². The number of halogens is 1. The van der Waals surface area contributed by atoms with Gasteiger partial charge in [-0.2, -0.15) is 0 Å². The van der Waals surface area contributed by atoms with Gasteiger partial charge in [0.05, 0.1) is 5.69 Å². The lowest BCUT2D eigenvalue weighted by Crippen LogP contribution is -2.34. The lowest BCUT2D eigenvalue weighted by Gasteiger charge is -2.17. The summed E-state index contributed by atoms with van der Waals surface area (Å²) in [6.45, 7) is 4.00. The average molecular weight is 335 g/mol. The summed E-state index contributed by atoms with van der Waals surface area (Å²) in [6.07, 6.45) is 2.53. The van der Waals surface area contributed by atoms with E-state index in [0.29, 0.717) is 4.47 Å². The third kappa shape index (κ3) is 3.96. The summed E-state index contributed by atoms with van der Waals surface area (Å²) in [6, 6.07) is 4.78. The van der Waals surface area contributed by atoms with Crippen molar-refractivity contribution in [2.45, 2.75) is 44.0 Å². The van der Waals surface area contributed by atoms with Crippen molar-refractivity contribution in [3.8, 4) is 0 Å². The van der Waals surface area contributed by atoms with Crippen LogP contribution in [-0.2, 0) is 10.0 Å². The fourth-order valence-electron chi connectivity index (χ4n) is 1.72. The van der Waals surface area contributed by atoms with Crippen molar-refractivity contribution < 1.29 is 8.42 Å². The van der Waals surface area contributed by atoms with Crippen LogP contribution >= 0.6 is 15.9 Å². The van der Waals surface area contributed by atoms with Crippen LogP contribution in [0.3, 0.4) is 0 Å². The minimum Gasteiger partial charge on any atom is -0.398 e. The van der Waals surface area contributed by atoms with Gasteiger partial charge >= 0.3 is 0 Å². The Morgan fingerprint density at radius 3 is 2.61 bits per heavy atom. The fourth-order valence-corrected chi connectivity index (χ4v) is 3.74. The van der Waals surface area contributed by atoms with E-state index in [1.54, 1.807) is 12.1 Å². The van der Waals surface area contributed by atoms with Crippen LogP contribution in [0.4, 0.5) is 5.69 Å². The first kappa shape index (κ1) is 15.5. The van der Waals surface area contributed by atoms with Crippen LogP contribution < -0.4 is 10.5 Å². The molecule has 0 saturated carbocycles. The van der Waals surface area contributed by atoms with Crippen molar-refractivity contribution in [3.63, 3.8) is 0 Å². The minimum atomic E-state index is -3.55. The maximum absolute atomic E-state index is 12.2. The molecular formula is C12H19BrN2O2S. The number of hydrogen-bond donors (Lipinski definition) is 2. The van der Waals surface area contributed by atoms with E-state index in [4.69, 9.17) is 5.73 Å². The first-order valence-electron chi connectivity index (χ1n) is 5.98. The third-order valence-electron chi connectivity index (χ3n) is 2.72. The molecular weight excluding hydrogens is 316 g/mol. The molecule has 1 unspecified atom stereocenters. The highest BCUT2D eigenvalue weighted by Crippen LogP contribution is 2.23. The van der Waals surface area contributed by atoms with Gasteiger partial charge in [-0.3, -0.25) is 0 Å². The van der Waals surface area contributed by atoms with Gasteiger partial charge in [-0.15, -0.1) is 0 Å². The Hall–Kier alpha value is -0.590. The molecule has 0 spiro atoms. The summed E-state index contributed by atoms with van der Waals surface area (Å²) in [5, 5.41) is 0. The molecule has 102 valence electrons. The van der Waals surface area contributed by atoms with Crippen molar-refractivity contribution >= 4 is 31.6 Å². The van der Waals surface area contributed by atoms with Gasteiger partial charge in [0.2, 0.25) is 10.0 Å². The predicted molar refractivity (Wildman–Crippen MR) is 77.9 cm³/mol. The van der Waals surface area contributed by atoms with Crippen LogP contribution in [0, 0.1) is 0 Å². The van der Waals surface area contributed by atoms with E-state index in [1.165, 1.54) is 6.07 Å². The molecule has 1 aromatic rings. The molecule has 0 radical (unpaired) electrons. The summed E-state index contributed by atoms with van der Waals surface area (Å²) in [7, 11) is -3.55. The van der Waals surface area contributed by atoms with Gasteiger partial charge in [-0.05, 0) is 31.0 Å². The maximum atomic E-state index is 12.2. The molecule has 18 heavy (non-hydrogen) atoms. The molecule has 0 heterocycles. The van der Waals surface area contributed by atoms with Crippen LogP contribution in [-0.4, -0.2) is 14.5 Å². The van der Waals surface area contributed by atoms with Crippen LogP contribution in [0.2, 0.25) is 0 Å². The first-order valence-corrected chi connectivity index (χ1v) is 8.25. The Kier molecular flexibility index (Phi) is 5.62. The smallest absolute Gasteiger partial charge is 0.242 e. The van der Waals surface area contributed by atoms with Crippen LogP contribution in [0.1, 0.15) is 33.1 Å². The van der Waals surface area contributed by atoms with Gasteiger partial charge in [-0.25, -0.2) is 13.1 Å². The number of nitrogens with two attached hydrogens (primary N) is 1. The van der Waals surface area contributed by atoms with Crippen molar-refractivity contribution in [1.82, 2.24) is 4.72 Å². The Labute approximate surface area is 117 Å². The van der Waals surface area contributed by atoms with Gasteiger partial charge in [0.1, 0.15) is 4.90 Å². The average Bonchev–Trinajstić information content (AvgIpc) is 2.31. The standard InChI is InChI=1S/C12H19BrN2O2S/c1-3-5-10(4-2)15-18(16,17)12-8-9(13)6-7-11(12)14/h6-8,10,15H,3-5,14H2,1-2H3. The zero-order chi connectivity index (χ0) is 13.8. The van der Waals surface area contributed by atoms with E-state index in [9.17, 15) is 8.42 Å². The number of benzene rings is 1. The van der Waals surface area contributed by atoms with Gasteiger partial charge in [0.15, 0.2) is 0 Å². The highest BCUT2D eigenvalue weighted by Gasteiger charge is 2.21. The molecule has 1 rings (SSSR count). The molecule has 0 saturated heterocycles. The molecule has 0 fully saturated rings. The molecule has 0 bridgehead atoms. The molecule has 0 aromatic heterocycles. The van der Waals surface area contributed by atoms with E-state index in [0.717, 1.165) is 19.3 Å². The molecule has 6 heteroatoms. The highest BCUT2D eigenvalue weighted by atomic mass is 79.9. The van der Waals surface area contributed by atoms with Crippen molar-refractivity contribution in [3.05, 3.63) is 22.7 Å². The zero-order valence-corrected chi connectivity index (χ0v) is 13.0. The van der Waals surface area contributed by atoms with Crippen molar-refractivity contribution in [2.75, 3.05) is 5.73 Å². The Balaban J connectivity index is 3.02. The molecule has 0 aliphatic carbocycles. The monoisotopic (exact) mass is 334 g/mol. The fraction of sp³-hybridized carbons (Fsp3) is 0.500. The highest BCUT2D eigenvalue weighted by molar-refractivity contribution is 9.10. The second kappa shape index (κ2) is 6.54. The van der Waals surface area contributed by atoms with Crippen LogP contribution in [0.15, 0.2) is 27.6 Å². The number of nitrogen functional groups attached to an aromatic ring is 1. The maximum Gasteiger partial charge on any atom is 0.242 e. The zero-order valence-electron chi connectivity index (χ0n) is 10.6. The number of sulfonamides is 1. The summed E-state index contributed by atoms with van der Waals surface area (Å²) >= 11 is 3.26. The second-order valence-corrected chi connectivity index (χ2v) is 6.80. The van der Waals surface area contributed by atoms with Gasteiger partial charge < -0.3 is 5.73 Å². The molecule has 0 aliphatic rings. The molecule has 4 nitrogen and oxygen atoms in total.